The van der Waals surface area contributed by atoms with Gasteiger partial charge in [-0.2, -0.15) is 0 Å². The average Bonchev–Trinajstić information content (AvgIpc) is 2.84. The van der Waals surface area contributed by atoms with Crippen LogP contribution in [-0.4, -0.2) is 29.5 Å². The van der Waals surface area contributed by atoms with E-state index in [0.717, 1.165) is 50.8 Å². The van der Waals surface area contributed by atoms with Crippen LogP contribution in [0.2, 0.25) is 0 Å². The van der Waals surface area contributed by atoms with Gasteiger partial charge < -0.3 is 14.8 Å². The van der Waals surface area contributed by atoms with Crippen LogP contribution in [0.25, 0.3) is 0 Å². The number of rotatable bonds is 4. The first-order chi connectivity index (χ1) is 15.2. The lowest BCUT2D eigenvalue weighted by Crippen LogP contribution is -2.34. The van der Waals surface area contributed by atoms with Crippen molar-refractivity contribution in [1.29, 1.82) is 0 Å². The van der Waals surface area contributed by atoms with Crippen molar-refractivity contribution in [3.05, 3.63) is 89.2 Å². The van der Waals surface area contributed by atoms with Gasteiger partial charge in [-0.1, -0.05) is 24.3 Å². The molecule has 158 valence electrons. The molecule has 1 aromatic heterocycles. The first-order valence-corrected chi connectivity index (χ1v) is 11.3. The van der Waals surface area contributed by atoms with Crippen molar-refractivity contribution in [2.24, 2.45) is 5.92 Å². The van der Waals surface area contributed by atoms with E-state index in [1.165, 1.54) is 22.4 Å². The van der Waals surface area contributed by atoms with E-state index in [0.29, 0.717) is 11.7 Å². The summed E-state index contributed by atoms with van der Waals surface area (Å²) in [6.45, 7) is 1.87. The number of aromatic nitrogens is 1. The number of hydrogen-bond donors (Lipinski definition) is 1. The van der Waals surface area contributed by atoms with Gasteiger partial charge >= 0.3 is 0 Å². The molecule has 0 amide bonds. The van der Waals surface area contributed by atoms with Crippen LogP contribution in [0, 0.1) is 5.92 Å². The molecule has 0 saturated carbocycles. The van der Waals surface area contributed by atoms with Gasteiger partial charge in [0.15, 0.2) is 0 Å². The van der Waals surface area contributed by atoms with Gasteiger partial charge in [0.25, 0.3) is 0 Å². The number of nitrogens with zero attached hydrogens (tertiary/aromatic N) is 2. The highest BCUT2D eigenvalue weighted by Gasteiger charge is 2.33. The molecule has 4 heteroatoms. The average molecular weight is 413 g/mol. The highest BCUT2D eigenvalue weighted by atomic mass is 16.3. The summed E-state index contributed by atoms with van der Waals surface area (Å²) in [7, 11) is 0. The summed E-state index contributed by atoms with van der Waals surface area (Å²) < 4.78 is 0. The van der Waals surface area contributed by atoms with Crippen molar-refractivity contribution in [1.82, 2.24) is 4.98 Å². The van der Waals surface area contributed by atoms with Crippen LogP contribution in [0.3, 0.4) is 0 Å². The lowest BCUT2D eigenvalue weighted by atomic mass is 9.70. The summed E-state index contributed by atoms with van der Waals surface area (Å²) >= 11 is 0. The fourth-order valence-electron chi connectivity index (χ4n) is 5.32. The zero-order chi connectivity index (χ0) is 21.2. The second-order valence-electron chi connectivity index (χ2n) is 8.81. The Labute approximate surface area is 183 Å². The van der Waals surface area contributed by atoms with Gasteiger partial charge in [-0.3, -0.25) is 4.98 Å². The third-order valence-corrected chi connectivity index (χ3v) is 7.01. The molecule has 2 atom stereocenters. The molecule has 0 radical (unpaired) electrons. The van der Waals surface area contributed by atoms with E-state index >= 15 is 0 Å². The number of carbonyl (C=O) groups is 1. The highest BCUT2D eigenvalue weighted by Crippen LogP contribution is 2.46. The van der Waals surface area contributed by atoms with Crippen LogP contribution in [0.4, 0.5) is 5.69 Å². The number of aldehydes is 1. The fourth-order valence-corrected chi connectivity index (χ4v) is 5.32. The van der Waals surface area contributed by atoms with Crippen molar-refractivity contribution in [3.63, 3.8) is 0 Å². The maximum absolute atomic E-state index is 11.1. The number of fused-ring (bicyclic) bond motifs is 1. The number of phenols is 1. The van der Waals surface area contributed by atoms with Crippen LogP contribution < -0.4 is 4.90 Å². The topological polar surface area (TPSA) is 53.4 Å². The molecular formula is C27H28N2O2. The van der Waals surface area contributed by atoms with Gasteiger partial charge in [-0.25, -0.2) is 0 Å². The quantitative estimate of drug-likeness (QED) is 0.608. The van der Waals surface area contributed by atoms with E-state index in [-0.39, 0.29) is 11.8 Å². The van der Waals surface area contributed by atoms with Crippen LogP contribution in [0.1, 0.15) is 53.5 Å². The first kappa shape index (κ1) is 19.8. The Morgan fingerprint density at radius 2 is 1.77 bits per heavy atom. The maximum atomic E-state index is 11.1. The van der Waals surface area contributed by atoms with Gasteiger partial charge in [-0.05, 0) is 78.8 Å². The number of pyridine rings is 1. The van der Waals surface area contributed by atoms with Crippen molar-refractivity contribution in [2.75, 3.05) is 18.0 Å². The molecule has 0 bridgehead atoms. The molecule has 0 spiro atoms. The fraction of sp³-hybridized carbons (Fsp3) is 0.333. The lowest BCUT2D eigenvalue weighted by molar-refractivity contribution is -0.111. The molecule has 5 rings (SSSR count). The molecule has 1 aliphatic carbocycles. The Kier molecular flexibility index (Phi) is 5.46. The predicted molar refractivity (Wildman–Crippen MR) is 123 cm³/mol. The Morgan fingerprint density at radius 3 is 2.48 bits per heavy atom. The van der Waals surface area contributed by atoms with Gasteiger partial charge in [0.2, 0.25) is 0 Å². The summed E-state index contributed by atoms with van der Waals surface area (Å²) in [5, 5.41) is 10.0. The zero-order valence-corrected chi connectivity index (χ0v) is 17.7. The number of aromatic hydroxyl groups is 1. The molecule has 2 heterocycles. The molecule has 1 N–H and O–H groups in total. The van der Waals surface area contributed by atoms with Crippen molar-refractivity contribution in [3.8, 4) is 5.75 Å². The monoisotopic (exact) mass is 412 g/mol. The molecule has 0 unspecified atom stereocenters. The van der Waals surface area contributed by atoms with Gasteiger partial charge in [0, 0.05) is 48.4 Å². The van der Waals surface area contributed by atoms with E-state index in [1.807, 2.05) is 18.3 Å². The molecule has 2 aliphatic rings. The smallest absolute Gasteiger partial charge is 0.123 e. The number of benzene rings is 2. The van der Waals surface area contributed by atoms with E-state index in [1.54, 1.807) is 6.07 Å². The summed E-state index contributed by atoms with van der Waals surface area (Å²) in [6, 6.07) is 20.9. The third-order valence-electron chi connectivity index (χ3n) is 7.01. The van der Waals surface area contributed by atoms with Gasteiger partial charge in [0.05, 0.1) is 0 Å². The molecule has 31 heavy (non-hydrogen) atoms. The predicted octanol–water partition coefficient (Wildman–Crippen LogP) is 5.06. The van der Waals surface area contributed by atoms with Crippen molar-refractivity contribution >= 4 is 12.0 Å². The second kappa shape index (κ2) is 8.54. The molecule has 1 fully saturated rings. The Bertz CT molecular complexity index is 1040. The highest BCUT2D eigenvalue weighted by molar-refractivity contribution is 5.56. The molecule has 3 aromatic rings. The Morgan fingerprint density at radius 1 is 0.968 bits per heavy atom. The largest absolute Gasteiger partial charge is 0.508 e. The third kappa shape index (κ3) is 3.95. The maximum Gasteiger partial charge on any atom is 0.123 e. The second-order valence-corrected chi connectivity index (χ2v) is 8.81. The normalized spacial score (nSPS) is 21.5. The summed E-state index contributed by atoms with van der Waals surface area (Å²) in [5.74, 6) is 1.08. The molecular weight excluding hydrogens is 384 g/mol. The molecule has 1 aliphatic heterocycles. The SMILES string of the molecule is O=CC1CCN(c2ccc([C@@H]3c4ccc(O)cc4CC[C@@H]3c3ccccn3)cc2)CC1. The first-order valence-electron chi connectivity index (χ1n) is 11.3. The van der Waals surface area contributed by atoms with E-state index in [4.69, 9.17) is 0 Å². The summed E-state index contributed by atoms with van der Waals surface area (Å²) in [5.41, 5.74) is 6.17. The van der Waals surface area contributed by atoms with Crippen LogP contribution >= 0.6 is 0 Å². The minimum Gasteiger partial charge on any atom is -0.508 e. The number of phenolic OH excluding ortho intramolecular Hbond substituents is 1. The van der Waals surface area contributed by atoms with E-state index in [2.05, 4.69) is 52.3 Å². The Hall–Kier alpha value is -3.14. The number of hydrogen-bond acceptors (Lipinski definition) is 4. The molecule has 4 nitrogen and oxygen atoms in total. The lowest BCUT2D eigenvalue weighted by Gasteiger charge is -2.35. The van der Waals surface area contributed by atoms with E-state index in [9.17, 15) is 9.90 Å². The number of anilines is 1. The standard InChI is InChI=1S/C27H28N2O2/c30-18-19-12-15-29(16-13-19)22-7-4-20(5-8-22)27-24-11-9-23(31)17-21(24)6-10-25(27)26-3-1-2-14-28-26/h1-5,7-9,11,14,17-19,25,27,31H,6,10,12-13,15-16H2/t25-,27-/m1/s1. The Balaban J connectivity index is 1.47. The summed E-state index contributed by atoms with van der Waals surface area (Å²) in [6.07, 6.45) is 6.82. The van der Waals surface area contributed by atoms with Gasteiger partial charge in [-0.15, -0.1) is 0 Å². The number of piperidine rings is 1. The number of aryl methyl sites for hydroxylation is 1. The molecule has 1 saturated heterocycles. The molecule has 2 aromatic carbocycles. The van der Waals surface area contributed by atoms with Crippen molar-refractivity contribution in [2.45, 2.75) is 37.5 Å². The zero-order valence-electron chi connectivity index (χ0n) is 17.7. The van der Waals surface area contributed by atoms with Crippen LogP contribution in [0.15, 0.2) is 66.9 Å². The number of carbonyl (C=O) groups excluding carboxylic acids is 1. The van der Waals surface area contributed by atoms with Gasteiger partial charge in [0.1, 0.15) is 12.0 Å². The minimum atomic E-state index is 0.213. The van der Waals surface area contributed by atoms with Crippen molar-refractivity contribution < 1.29 is 9.90 Å². The van der Waals surface area contributed by atoms with Crippen LogP contribution in [0.5, 0.6) is 5.75 Å². The summed E-state index contributed by atoms with van der Waals surface area (Å²) in [4.78, 5) is 18.1. The minimum absolute atomic E-state index is 0.213. The van der Waals surface area contributed by atoms with E-state index < -0.39 is 0 Å². The van der Waals surface area contributed by atoms with Crippen LogP contribution in [-0.2, 0) is 11.2 Å².